The number of rotatable bonds is 4. The first kappa shape index (κ1) is 21.8. The highest BCUT2D eigenvalue weighted by atomic mass is 32.1. The predicted molar refractivity (Wildman–Crippen MR) is 128 cm³/mol. The first-order chi connectivity index (χ1) is 15.5. The minimum absolute atomic E-state index is 0.0254. The third kappa shape index (κ3) is 4.30. The van der Waals surface area contributed by atoms with Crippen molar-refractivity contribution in [3.63, 3.8) is 0 Å². The molecule has 0 radical (unpaired) electrons. The maximum atomic E-state index is 13.5. The van der Waals surface area contributed by atoms with Gasteiger partial charge in [-0.2, -0.15) is 5.26 Å². The number of thiazole rings is 1. The lowest BCUT2D eigenvalue weighted by atomic mass is 10.1. The molecule has 1 amide bonds. The van der Waals surface area contributed by atoms with E-state index in [9.17, 15) is 14.9 Å². The molecule has 6 heteroatoms. The zero-order chi connectivity index (χ0) is 22.7. The summed E-state index contributed by atoms with van der Waals surface area (Å²) < 4.78 is 2.39. The van der Waals surface area contributed by atoms with Crippen LogP contribution >= 0.6 is 11.3 Å². The highest BCUT2D eigenvalue weighted by Gasteiger charge is 2.24. The zero-order valence-corrected chi connectivity index (χ0v) is 19.1. The highest BCUT2D eigenvalue weighted by Crippen LogP contribution is 2.13. The summed E-state index contributed by atoms with van der Waals surface area (Å²) in [6.07, 6.45) is 4.59. The predicted octanol–water partition coefficient (Wildman–Crippen LogP) is 2.90. The maximum Gasteiger partial charge on any atom is 0.273 e. The van der Waals surface area contributed by atoms with Gasteiger partial charge in [0.15, 0.2) is 5.57 Å². The molecule has 5 nitrogen and oxygen atoms in total. The van der Waals surface area contributed by atoms with E-state index in [0.29, 0.717) is 28.0 Å². The van der Waals surface area contributed by atoms with Crippen LogP contribution in [0, 0.1) is 18.3 Å². The fourth-order valence-corrected chi connectivity index (χ4v) is 5.04. The SMILES string of the molecule is CCc1ccc(-n2c(=O)/c(=C\c3cccc(C)c3)s/c2=C(/C#N)C(=O)N2CCCC2)cc1. The van der Waals surface area contributed by atoms with Crippen molar-refractivity contribution in [2.24, 2.45) is 0 Å². The Morgan fingerprint density at radius 3 is 2.50 bits per heavy atom. The van der Waals surface area contributed by atoms with E-state index in [2.05, 4.69) is 13.0 Å². The van der Waals surface area contributed by atoms with Crippen molar-refractivity contribution in [2.45, 2.75) is 33.1 Å². The van der Waals surface area contributed by atoms with Crippen LogP contribution in [-0.2, 0) is 11.2 Å². The van der Waals surface area contributed by atoms with Gasteiger partial charge < -0.3 is 4.90 Å². The standard InChI is InChI=1S/C26H25N3O2S/c1-3-19-9-11-21(12-10-19)29-25(31)23(16-20-8-6-7-18(2)15-20)32-26(29)22(17-27)24(30)28-13-4-5-14-28/h6-12,15-16H,3-5,13-14H2,1-2H3/b23-16+,26-22-. The maximum absolute atomic E-state index is 13.5. The van der Waals surface area contributed by atoms with E-state index >= 15 is 0 Å². The first-order valence-corrected chi connectivity index (χ1v) is 11.7. The number of likely N-dealkylation sites (tertiary alicyclic amines) is 1. The second-order valence-electron chi connectivity index (χ2n) is 7.98. The second-order valence-corrected chi connectivity index (χ2v) is 9.01. The molecule has 2 aromatic carbocycles. The molecular weight excluding hydrogens is 418 g/mol. The van der Waals surface area contributed by atoms with Crippen LogP contribution in [0.5, 0.6) is 0 Å². The van der Waals surface area contributed by atoms with Gasteiger partial charge in [0.1, 0.15) is 10.7 Å². The number of amides is 1. The number of carbonyl (C=O) groups excluding carboxylic acids is 1. The Morgan fingerprint density at radius 2 is 1.88 bits per heavy atom. The summed E-state index contributed by atoms with van der Waals surface area (Å²) in [5.41, 5.74) is 3.62. The molecular formula is C26H25N3O2S. The van der Waals surface area contributed by atoms with E-state index in [0.717, 1.165) is 36.0 Å². The molecule has 0 bridgehead atoms. The average Bonchev–Trinajstić information content (AvgIpc) is 3.44. The van der Waals surface area contributed by atoms with Crippen molar-refractivity contribution in [3.8, 4) is 11.8 Å². The van der Waals surface area contributed by atoms with Crippen molar-refractivity contribution < 1.29 is 4.79 Å². The van der Waals surface area contributed by atoms with Gasteiger partial charge in [0.2, 0.25) is 0 Å². The summed E-state index contributed by atoms with van der Waals surface area (Å²) in [5, 5.41) is 9.94. The molecule has 4 rings (SSSR count). The summed E-state index contributed by atoms with van der Waals surface area (Å²) in [5.74, 6) is -0.299. The monoisotopic (exact) mass is 443 g/mol. The van der Waals surface area contributed by atoms with Gasteiger partial charge in [-0.15, -0.1) is 11.3 Å². The molecule has 0 saturated carbocycles. The Kier molecular flexibility index (Phi) is 6.38. The first-order valence-electron chi connectivity index (χ1n) is 10.8. The Morgan fingerprint density at radius 1 is 1.16 bits per heavy atom. The van der Waals surface area contributed by atoms with E-state index in [1.54, 1.807) is 4.90 Å². The van der Waals surface area contributed by atoms with Gasteiger partial charge in [0.05, 0.1) is 10.2 Å². The van der Waals surface area contributed by atoms with Crippen LogP contribution in [0.2, 0.25) is 0 Å². The number of benzene rings is 2. The Bertz CT molecular complexity index is 1370. The van der Waals surface area contributed by atoms with Gasteiger partial charge in [-0.05, 0) is 55.5 Å². The summed E-state index contributed by atoms with van der Waals surface area (Å²) in [7, 11) is 0. The molecule has 1 fully saturated rings. The van der Waals surface area contributed by atoms with Crippen molar-refractivity contribution in [1.82, 2.24) is 9.47 Å². The minimum Gasteiger partial charge on any atom is -0.338 e. The third-order valence-electron chi connectivity index (χ3n) is 5.70. The van der Waals surface area contributed by atoms with Gasteiger partial charge in [-0.3, -0.25) is 14.2 Å². The smallest absolute Gasteiger partial charge is 0.273 e. The van der Waals surface area contributed by atoms with Crippen LogP contribution in [0.1, 0.15) is 36.5 Å². The lowest BCUT2D eigenvalue weighted by Gasteiger charge is -2.14. The Hall–Kier alpha value is -3.43. The molecule has 1 aromatic heterocycles. The quantitative estimate of drug-likeness (QED) is 0.623. The van der Waals surface area contributed by atoms with Gasteiger partial charge >= 0.3 is 0 Å². The third-order valence-corrected chi connectivity index (χ3v) is 6.79. The summed E-state index contributed by atoms with van der Waals surface area (Å²) >= 11 is 1.20. The lowest BCUT2D eigenvalue weighted by Crippen LogP contribution is -2.35. The number of aromatic nitrogens is 1. The molecule has 0 N–H and O–H groups in total. The van der Waals surface area contributed by atoms with Crippen molar-refractivity contribution in [2.75, 3.05) is 13.1 Å². The van der Waals surface area contributed by atoms with Crippen LogP contribution in [-0.4, -0.2) is 28.5 Å². The van der Waals surface area contributed by atoms with E-state index in [-0.39, 0.29) is 17.0 Å². The fraction of sp³-hybridized carbons (Fsp3) is 0.269. The molecule has 1 saturated heterocycles. The van der Waals surface area contributed by atoms with Gasteiger partial charge in [-0.1, -0.05) is 48.9 Å². The van der Waals surface area contributed by atoms with Crippen LogP contribution in [0.25, 0.3) is 17.3 Å². The summed E-state index contributed by atoms with van der Waals surface area (Å²) in [4.78, 5) is 28.3. The van der Waals surface area contributed by atoms with Crippen LogP contribution in [0.4, 0.5) is 0 Å². The lowest BCUT2D eigenvalue weighted by molar-refractivity contribution is -0.123. The van der Waals surface area contributed by atoms with Crippen molar-refractivity contribution in [1.29, 1.82) is 5.26 Å². The molecule has 0 spiro atoms. The van der Waals surface area contributed by atoms with E-state index in [1.807, 2.05) is 61.5 Å². The van der Waals surface area contributed by atoms with Crippen LogP contribution in [0.15, 0.2) is 53.3 Å². The summed E-state index contributed by atoms with van der Waals surface area (Å²) in [6.45, 7) is 5.36. The van der Waals surface area contributed by atoms with Gasteiger partial charge in [0.25, 0.3) is 11.5 Å². The number of aryl methyl sites for hydroxylation is 2. The zero-order valence-electron chi connectivity index (χ0n) is 18.3. The molecule has 2 heterocycles. The fourth-order valence-electron chi connectivity index (χ4n) is 3.94. The Balaban J connectivity index is 2.00. The Labute approximate surface area is 191 Å². The molecule has 1 aliphatic heterocycles. The second kappa shape index (κ2) is 9.37. The largest absolute Gasteiger partial charge is 0.338 e. The minimum atomic E-state index is -0.299. The number of nitriles is 1. The van der Waals surface area contributed by atoms with E-state index in [1.165, 1.54) is 15.9 Å². The number of hydrogen-bond acceptors (Lipinski definition) is 4. The van der Waals surface area contributed by atoms with Crippen molar-refractivity contribution >= 4 is 28.9 Å². The number of carbonyl (C=O) groups is 1. The highest BCUT2D eigenvalue weighted by molar-refractivity contribution is 7.07. The molecule has 0 aliphatic carbocycles. The topological polar surface area (TPSA) is 66.1 Å². The van der Waals surface area contributed by atoms with E-state index < -0.39 is 0 Å². The average molecular weight is 444 g/mol. The number of hydrogen-bond donors (Lipinski definition) is 0. The van der Waals surface area contributed by atoms with Crippen LogP contribution in [0.3, 0.4) is 0 Å². The molecule has 0 atom stereocenters. The van der Waals surface area contributed by atoms with Crippen LogP contribution < -0.4 is 14.8 Å². The molecule has 0 unspecified atom stereocenters. The van der Waals surface area contributed by atoms with E-state index in [4.69, 9.17) is 0 Å². The molecule has 162 valence electrons. The summed E-state index contributed by atoms with van der Waals surface area (Å²) in [6, 6.07) is 17.7. The van der Waals surface area contributed by atoms with Gasteiger partial charge in [-0.25, -0.2) is 0 Å². The molecule has 1 aliphatic rings. The van der Waals surface area contributed by atoms with Crippen molar-refractivity contribution in [3.05, 3.63) is 84.8 Å². The number of nitrogens with zero attached hydrogens (tertiary/aromatic N) is 3. The molecule has 32 heavy (non-hydrogen) atoms. The normalized spacial score (nSPS) is 15.0. The van der Waals surface area contributed by atoms with Gasteiger partial charge in [0, 0.05) is 13.1 Å². The molecule has 3 aromatic rings.